The summed E-state index contributed by atoms with van der Waals surface area (Å²) in [4.78, 5) is 25.8. The summed E-state index contributed by atoms with van der Waals surface area (Å²) in [5.74, 6) is 0.0722. The SMILES string of the molecule is COc1cccc(/C=[N+]2\NC(=O)[C@H](NC(=O)c3ccc(Cl)cc3)[C@@H]2c2ccc(C)cc2)c1. The van der Waals surface area contributed by atoms with Crippen LogP contribution >= 0.6 is 11.6 Å². The third-order valence-corrected chi connectivity index (χ3v) is 5.58. The molecule has 4 rings (SSSR count). The lowest BCUT2D eigenvalue weighted by molar-refractivity contribution is -0.596. The highest BCUT2D eigenvalue weighted by atomic mass is 35.5. The van der Waals surface area contributed by atoms with E-state index in [1.54, 1.807) is 36.1 Å². The average molecular weight is 449 g/mol. The minimum absolute atomic E-state index is 0.294. The number of nitrogens with one attached hydrogen (secondary N) is 2. The maximum atomic E-state index is 12.9. The molecule has 6 nitrogen and oxygen atoms in total. The molecule has 1 aliphatic heterocycles. The molecule has 3 aromatic rings. The van der Waals surface area contributed by atoms with E-state index in [2.05, 4.69) is 10.7 Å². The van der Waals surface area contributed by atoms with Crippen LogP contribution in [0.25, 0.3) is 0 Å². The lowest BCUT2D eigenvalue weighted by atomic mass is 9.98. The number of benzene rings is 3. The summed E-state index contributed by atoms with van der Waals surface area (Å²) in [6, 6.07) is 20.7. The Balaban J connectivity index is 1.70. The van der Waals surface area contributed by atoms with Gasteiger partial charge in [0.15, 0.2) is 6.04 Å². The van der Waals surface area contributed by atoms with Crippen LogP contribution in [0.4, 0.5) is 0 Å². The monoisotopic (exact) mass is 448 g/mol. The second kappa shape index (κ2) is 9.24. The Morgan fingerprint density at radius 3 is 2.50 bits per heavy atom. The first kappa shape index (κ1) is 21.6. The Morgan fingerprint density at radius 2 is 1.81 bits per heavy atom. The molecule has 0 spiro atoms. The van der Waals surface area contributed by atoms with Crippen molar-refractivity contribution in [2.75, 3.05) is 7.11 Å². The zero-order valence-electron chi connectivity index (χ0n) is 17.7. The lowest BCUT2D eigenvalue weighted by Crippen LogP contribution is -2.42. The van der Waals surface area contributed by atoms with Crippen LogP contribution in [-0.2, 0) is 4.79 Å². The van der Waals surface area contributed by atoms with E-state index in [0.717, 1.165) is 16.7 Å². The van der Waals surface area contributed by atoms with E-state index in [1.807, 2.05) is 61.7 Å². The van der Waals surface area contributed by atoms with Gasteiger partial charge in [0.05, 0.1) is 7.11 Å². The first-order chi connectivity index (χ1) is 15.4. The molecule has 0 bridgehead atoms. The molecule has 0 aromatic heterocycles. The van der Waals surface area contributed by atoms with Gasteiger partial charge in [0.1, 0.15) is 5.75 Å². The highest BCUT2D eigenvalue weighted by Crippen LogP contribution is 2.26. The molecular weight excluding hydrogens is 426 g/mol. The highest BCUT2D eigenvalue weighted by Gasteiger charge is 2.47. The van der Waals surface area contributed by atoms with Gasteiger partial charge < -0.3 is 10.1 Å². The Labute approximate surface area is 191 Å². The summed E-state index contributed by atoms with van der Waals surface area (Å²) < 4.78 is 7.03. The quantitative estimate of drug-likeness (QED) is 0.585. The first-order valence-corrected chi connectivity index (χ1v) is 10.5. The maximum Gasteiger partial charge on any atom is 0.304 e. The molecule has 0 unspecified atom stereocenters. The van der Waals surface area contributed by atoms with Crippen LogP contribution < -0.4 is 15.5 Å². The fraction of sp³-hybridized carbons (Fsp3) is 0.160. The molecule has 0 aliphatic carbocycles. The standard InChI is InChI=1S/C25H22ClN3O3/c1-16-6-8-18(9-7-16)23-22(27-24(30)19-10-12-20(26)13-11-19)25(31)28-29(23)15-17-4-3-5-21(14-17)32-2/h3-15,22-23H,1-2H3,(H-,27,28,30,31)/p+1/b29-15-/t22-,23+/m1/s1. The summed E-state index contributed by atoms with van der Waals surface area (Å²) in [6.07, 6.45) is 1.83. The Morgan fingerprint density at radius 1 is 1.09 bits per heavy atom. The van der Waals surface area contributed by atoms with Crippen LogP contribution in [0, 0.1) is 6.92 Å². The molecule has 3 aromatic carbocycles. The van der Waals surface area contributed by atoms with Crippen LogP contribution in [0.1, 0.15) is 33.1 Å². The van der Waals surface area contributed by atoms with E-state index in [0.29, 0.717) is 16.3 Å². The predicted molar refractivity (Wildman–Crippen MR) is 123 cm³/mol. The van der Waals surface area contributed by atoms with Gasteiger partial charge >= 0.3 is 5.91 Å². The molecule has 32 heavy (non-hydrogen) atoms. The Bertz CT molecular complexity index is 1170. The summed E-state index contributed by atoms with van der Waals surface area (Å²) in [7, 11) is 1.61. The van der Waals surface area contributed by atoms with Crippen LogP contribution in [-0.4, -0.2) is 35.9 Å². The fourth-order valence-electron chi connectivity index (χ4n) is 3.65. The molecule has 0 radical (unpaired) electrons. The topological polar surface area (TPSA) is 70.4 Å². The number of hydrogen-bond donors (Lipinski definition) is 2. The number of halogens is 1. The van der Waals surface area contributed by atoms with Crippen LogP contribution in [0.5, 0.6) is 5.75 Å². The Kier molecular flexibility index (Phi) is 6.23. The number of methoxy groups -OCH3 is 1. The molecular formula is C25H23ClN3O3+. The largest absolute Gasteiger partial charge is 0.497 e. The zero-order chi connectivity index (χ0) is 22.7. The minimum Gasteiger partial charge on any atom is -0.497 e. The smallest absolute Gasteiger partial charge is 0.304 e. The first-order valence-electron chi connectivity index (χ1n) is 10.2. The maximum absolute atomic E-state index is 12.9. The van der Waals surface area contributed by atoms with Gasteiger partial charge in [0.25, 0.3) is 5.91 Å². The number of amides is 2. The van der Waals surface area contributed by atoms with Crippen molar-refractivity contribution in [2.45, 2.75) is 19.0 Å². The predicted octanol–water partition coefficient (Wildman–Crippen LogP) is 3.67. The van der Waals surface area contributed by atoms with E-state index in [9.17, 15) is 9.59 Å². The molecule has 1 aliphatic rings. The number of carbonyl (C=O) groups excluding carboxylic acids is 2. The van der Waals surface area contributed by atoms with Crippen molar-refractivity contribution >= 4 is 29.6 Å². The van der Waals surface area contributed by atoms with Crippen LogP contribution in [0.2, 0.25) is 5.02 Å². The van der Waals surface area contributed by atoms with E-state index in [4.69, 9.17) is 16.3 Å². The zero-order valence-corrected chi connectivity index (χ0v) is 18.5. The van der Waals surface area contributed by atoms with Gasteiger partial charge in [-0.05, 0) is 49.4 Å². The van der Waals surface area contributed by atoms with Crippen molar-refractivity contribution in [1.29, 1.82) is 0 Å². The van der Waals surface area contributed by atoms with Gasteiger partial charge in [-0.2, -0.15) is 0 Å². The number of aryl methyl sites for hydroxylation is 1. The molecule has 2 N–H and O–H groups in total. The van der Waals surface area contributed by atoms with Gasteiger partial charge in [-0.15, -0.1) is 10.1 Å². The number of rotatable bonds is 5. The summed E-state index contributed by atoms with van der Waals surface area (Å²) in [6.45, 7) is 2.00. The number of carbonyl (C=O) groups is 2. The molecule has 2 amide bonds. The highest BCUT2D eigenvalue weighted by molar-refractivity contribution is 6.30. The second-order valence-corrected chi connectivity index (χ2v) is 8.04. The van der Waals surface area contributed by atoms with E-state index in [1.165, 1.54) is 0 Å². The van der Waals surface area contributed by atoms with Crippen LogP contribution in [0.15, 0.2) is 72.8 Å². The molecule has 2 atom stereocenters. The third kappa shape index (κ3) is 4.65. The van der Waals surface area contributed by atoms with Crippen molar-refractivity contribution < 1.29 is 19.0 Å². The van der Waals surface area contributed by atoms with E-state index in [-0.39, 0.29) is 11.8 Å². The number of hydrazone groups is 1. The molecule has 162 valence electrons. The number of hydrogen-bond acceptors (Lipinski definition) is 3. The summed E-state index contributed by atoms with van der Waals surface area (Å²) >= 11 is 5.93. The second-order valence-electron chi connectivity index (χ2n) is 7.60. The number of hydrazine groups is 1. The van der Waals surface area contributed by atoms with Crippen molar-refractivity contribution in [1.82, 2.24) is 10.7 Å². The average Bonchev–Trinajstić information content (AvgIpc) is 3.09. The molecule has 1 fully saturated rings. The molecule has 7 heteroatoms. The van der Waals surface area contributed by atoms with Crippen molar-refractivity contribution in [2.24, 2.45) is 0 Å². The molecule has 0 saturated carbocycles. The lowest BCUT2D eigenvalue weighted by Gasteiger charge is -2.15. The van der Waals surface area contributed by atoms with Gasteiger partial charge in [-0.3, -0.25) is 9.59 Å². The Hall–Kier alpha value is -3.64. The summed E-state index contributed by atoms with van der Waals surface area (Å²) in [5, 5.41) is 3.42. The number of nitrogens with zero attached hydrogens (tertiary/aromatic N) is 1. The van der Waals surface area contributed by atoms with Crippen molar-refractivity contribution in [3.05, 3.63) is 100 Å². The van der Waals surface area contributed by atoms with E-state index >= 15 is 0 Å². The van der Waals surface area contributed by atoms with E-state index < -0.39 is 12.1 Å². The molecule has 1 saturated heterocycles. The van der Waals surface area contributed by atoms with Gasteiger partial charge in [0.2, 0.25) is 12.3 Å². The van der Waals surface area contributed by atoms with Crippen molar-refractivity contribution in [3.8, 4) is 5.75 Å². The summed E-state index contributed by atoms with van der Waals surface area (Å²) in [5.41, 5.74) is 6.17. The van der Waals surface area contributed by atoms with Crippen molar-refractivity contribution in [3.63, 3.8) is 0 Å². The fourth-order valence-corrected chi connectivity index (χ4v) is 3.78. The third-order valence-electron chi connectivity index (χ3n) is 5.33. The molecule has 1 heterocycles. The number of ether oxygens (including phenoxy) is 1. The normalized spacial score (nSPS) is 19.0. The van der Waals surface area contributed by atoms with Gasteiger partial charge in [-0.25, -0.2) is 0 Å². The minimum atomic E-state index is -0.789. The van der Waals surface area contributed by atoms with Gasteiger partial charge in [-0.1, -0.05) is 47.5 Å². The van der Waals surface area contributed by atoms with Crippen LogP contribution in [0.3, 0.4) is 0 Å². The van der Waals surface area contributed by atoms with Gasteiger partial charge in [0, 0.05) is 21.7 Å².